The van der Waals surface area contributed by atoms with Gasteiger partial charge in [-0.1, -0.05) is 0 Å². The average Bonchev–Trinajstić information content (AvgIpc) is 2.82. The first-order chi connectivity index (χ1) is 9.35. The lowest BCUT2D eigenvalue weighted by Crippen LogP contribution is -2.37. The van der Waals surface area contributed by atoms with Crippen LogP contribution in [-0.4, -0.2) is 48.0 Å². The molecule has 0 saturated carbocycles. The van der Waals surface area contributed by atoms with E-state index in [9.17, 15) is 4.79 Å². The molecule has 0 radical (unpaired) electrons. The van der Waals surface area contributed by atoms with Crippen LogP contribution < -0.4 is 26.8 Å². The number of carbonyl (C=O) groups excluding carboxylic acids is 1. The molecule has 1 amide bonds. The minimum atomic E-state index is -0.554. The number of primary amides is 1. The third-order valence-corrected chi connectivity index (χ3v) is 3.49. The molecule has 1 fully saturated rings. The van der Waals surface area contributed by atoms with E-state index in [1.807, 2.05) is 25.9 Å². The topological polar surface area (TPSA) is 126 Å². The molecule has 2 heterocycles. The Morgan fingerprint density at radius 3 is 2.60 bits per heavy atom. The predicted molar refractivity (Wildman–Crippen MR) is 76.1 cm³/mol. The molecule has 0 bridgehead atoms. The zero-order chi connectivity index (χ0) is 14.9. The van der Waals surface area contributed by atoms with Crippen molar-refractivity contribution in [3.05, 3.63) is 0 Å². The number of hydrogen-bond acceptors (Lipinski definition) is 8. The van der Waals surface area contributed by atoms with Crippen LogP contribution >= 0.6 is 0 Å². The standard InChI is InChI=1S/C11H20N8O/c1-11(7(12)20)4-5-19(6-11)10-15-8(17-13)14-9(16-10)18(2)3/h4-6,13H2,1-3H3,(H2,12,20)(H,14,15,16,17). The van der Waals surface area contributed by atoms with E-state index < -0.39 is 5.41 Å². The second-order valence-electron chi connectivity index (χ2n) is 5.39. The maximum atomic E-state index is 11.5. The number of nitrogen functional groups attached to an aromatic ring is 1. The summed E-state index contributed by atoms with van der Waals surface area (Å²) in [6, 6.07) is 0. The first-order valence-corrected chi connectivity index (χ1v) is 6.30. The molecule has 1 aromatic heterocycles. The minimum absolute atomic E-state index is 0.284. The van der Waals surface area contributed by atoms with Crippen LogP contribution in [0.4, 0.5) is 17.8 Å². The normalized spacial score (nSPS) is 21.9. The van der Waals surface area contributed by atoms with Gasteiger partial charge in [-0.15, -0.1) is 0 Å². The third kappa shape index (κ3) is 2.57. The van der Waals surface area contributed by atoms with Gasteiger partial charge < -0.3 is 15.5 Å². The molecular weight excluding hydrogens is 260 g/mol. The molecule has 1 aliphatic heterocycles. The first-order valence-electron chi connectivity index (χ1n) is 6.30. The van der Waals surface area contributed by atoms with Crippen LogP contribution in [0.15, 0.2) is 0 Å². The highest BCUT2D eigenvalue weighted by molar-refractivity contribution is 5.81. The van der Waals surface area contributed by atoms with Crippen LogP contribution in [0.2, 0.25) is 0 Å². The van der Waals surface area contributed by atoms with Crippen molar-refractivity contribution in [3.63, 3.8) is 0 Å². The molecule has 9 heteroatoms. The van der Waals surface area contributed by atoms with E-state index in [1.165, 1.54) is 0 Å². The van der Waals surface area contributed by atoms with Gasteiger partial charge in [0.05, 0.1) is 5.41 Å². The van der Waals surface area contributed by atoms with Crippen molar-refractivity contribution in [1.82, 2.24) is 15.0 Å². The zero-order valence-corrected chi connectivity index (χ0v) is 11.9. The number of nitrogens with zero attached hydrogens (tertiary/aromatic N) is 5. The smallest absolute Gasteiger partial charge is 0.243 e. The molecule has 20 heavy (non-hydrogen) atoms. The summed E-state index contributed by atoms with van der Waals surface area (Å²) in [5.41, 5.74) is 7.32. The number of nitrogens with one attached hydrogen (secondary N) is 1. The van der Waals surface area contributed by atoms with Crippen molar-refractivity contribution in [3.8, 4) is 0 Å². The Balaban J connectivity index is 2.30. The van der Waals surface area contributed by atoms with Crippen LogP contribution in [0.25, 0.3) is 0 Å². The Morgan fingerprint density at radius 2 is 2.10 bits per heavy atom. The van der Waals surface area contributed by atoms with Crippen LogP contribution in [-0.2, 0) is 4.79 Å². The predicted octanol–water partition coefficient (Wildman–Crippen LogP) is -1.08. The molecule has 0 aliphatic carbocycles. The number of nitrogens with two attached hydrogens (primary N) is 2. The Bertz CT molecular complexity index is 519. The maximum absolute atomic E-state index is 11.5. The average molecular weight is 280 g/mol. The molecule has 1 saturated heterocycles. The lowest BCUT2D eigenvalue weighted by Gasteiger charge is -2.22. The molecule has 1 atom stereocenters. The van der Waals surface area contributed by atoms with Crippen molar-refractivity contribution in [1.29, 1.82) is 0 Å². The molecule has 2 rings (SSSR count). The molecule has 5 N–H and O–H groups in total. The lowest BCUT2D eigenvalue weighted by atomic mass is 9.89. The number of rotatable bonds is 4. The summed E-state index contributed by atoms with van der Waals surface area (Å²) >= 11 is 0. The maximum Gasteiger partial charge on any atom is 0.243 e. The van der Waals surface area contributed by atoms with Gasteiger partial charge in [-0.2, -0.15) is 15.0 Å². The second kappa shape index (κ2) is 5.08. The van der Waals surface area contributed by atoms with Crippen molar-refractivity contribution in [2.24, 2.45) is 17.0 Å². The van der Waals surface area contributed by atoms with Gasteiger partial charge in [-0.05, 0) is 13.3 Å². The first kappa shape index (κ1) is 14.3. The molecule has 0 spiro atoms. The minimum Gasteiger partial charge on any atom is -0.369 e. The van der Waals surface area contributed by atoms with Crippen LogP contribution in [0.1, 0.15) is 13.3 Å². The van der Waals surface area contributed by atoms with Gasteiger partial charge in [0.15, 0.2) is 0 Å². The zero-order valence-electron chi connectivity index (χ0n) is 11.9. The Morgan fingerprint density at radius 1 is 1.40 bits per heavy atom. The number of anilines is 3. The van der Waals surface area contributed by atoms with E-state index in [0.29, 0.717) is 31.4 Å². The molecule has 1 aromatic rings. The van der Waals surface area contributed by atoms with Gasteiger partial charge in [0.25, 0.3) is 0 Å². The summed E-state index contributed by atoms with van der Waals surface area (Å²) in [6.45, 7) is 3.01. The summed E-state index contributed by atoms with van der Waals surface area (Å²) in [5.74, 6) is 6.33. The SMILES string of the molecule is CN(C)c1nc(NN)nc(N2CCC(C)(C(N)=O)C2)n1. The quantitative estimate of drug-likeness (QED) is 0.470. The monoisotopic (exact) mass is 280 g/mol. The van der Waals surface area contributed by atoms with Gasteiger partial charge in [0.2, 0.25) is 23.8 Å². The molecule has 0 aromatic carbocycles. The van der Waals surface area contributed by atoms with Gasteiger partial charge in [-0.3, -0.25) is 10.2 Å². The van der Waals surface area contributed by atoms with Gasteiger partial charge in [0.1, 0.15) is 0 Å². The summed E-state index contributed by atoms with van der Waals surface area (Å²) in [4.78, 5) is 27.9. The third-order valence-electron chi connectivity index (χ3n) is 3.49. The van der Waals surface area contributed by atoms with E-state index in [1.54, 1.807) is 4.90 Å². The van der Waals surface area contributed by atoms with Gasteiger partial charge >= 0.3 is 0 Å². The highest BCUT2D eigenvalue weighted by Crippen LogP contribution is 2.32. The fourth-order valence-electron chi connectivity index (χ4n) is 2.09. The fraction of sp³-hybridized carbons (Fsp3) is 0.636. The summed E-state index contributed by atoms with van der Waals surface area (Å²) < 4.78 is 0. The van der Waals surface area contributed by atoms with Crippen LogP contribution in [0.3, 0.4) is 0 Å². The fourth-order valence-corrected chi connectivity index (χ4v) is 2.09. The highest BCUT2D eigenvalue weighted by Gasteiger charge is 2.40. The van der Waals surface area contributed by atoms with E-state index in [4.69, 9.17) is 11.6 Å². The lowest BCUT2D eigenvalue weighted by molar-refractivity contribution is -0.125. The second-order valence-corrected chi connectivity index (χ2v) is 5.39. The summed E-state index contributed by atoms with van der Waals surface area (Å²) in [7, 11) is 3.66. The van der Waals surface area contributed by atoms with E-state index >= 15 is 0 Å². The number of aromatic nitrogens is 3. The van der Waals surface area contributed by atoms with Crippen molar-refractivity contribution < 1.29 is 4.79 Å². The summed E-state index contributed by atoms with van der Waals surface area (Å²) in [5, 5.41) is 0. The van der Waals surface area contributed by atoms with E-state index in [2.05, 4.69) is 20.4 Å². The van der Waals surface area contributed by atoms with Crippen molar-refractivity contribution in [2.75, 3.05) is 42.4 Å². The van der Waals surface area contributed by atoms with Crippen LogP contribution in [0, 0.1) is 5.41 Å². The van der Waals surface area contributed by atoms with Crippen molar-refractivity contribution >= 4 is 23.8 Å². The number of hydrazine groups is 1. The number of amides is 1. The van der Waals surface area contributed by atoms with Gasteiger partial charge in [0, 0.05) is 27.2 Å². The van der Waals surface area contributed by atoms with E-state index in [0.717, 1.165) is 0 Å². The number of carbonyl (C=O) groups is 1. The summed E-state index contributed by atoms with van der Waals surface area (Å²) in [6.07, 6.45) is 0.677. The Kier molecular flexibility index (Phi) is 3.62. The van der Waals surface area contributed by atoms with Crippen molar-refractivity contribution in [2.45, 2.75) is 13.3 Å². The number of hydrogen-bond donors (Lipinski definition) is 3. The van der Waals surface area contributed by atoms with Crippen LogP contribution in [0.5, 0.6) is 0 Å². The largest absolute Gasteiger partial charge is 0.369 e. The van der Waals surface area contributed by atoms with E-state index in [-0.39, 0.29) is 11.9 Å². The molecule has 110 valence electrons. The van der Waals surface area contributed by atoms with Gasteiger partial charge in [-0.25, -0.2) is 5.84 Å². The molecule has 1 unspecified atom stereocenters. The molecule has 1 aliphatic rings. The highest BCUT2D eigenvalue weighted by atomic mass is 16.1. The Labute approximate surface area is 117 Å². The molecule has 9 nitrogen and oxygen atoms in total. The molecular formula is C11H20N8O. The Hall–Kier alpha value is -2.16.